The summed E-state index contributed by atoms with van der Waals surface area (Å²) >= 11 is 5.42. The van der Waals surface area contributed by atoms with Crippen LogP contribution in [0.1, 0.15) is 155 Å². The number of ether oxygens (including phenoxy) is 1. The van der Waals surface area contributed by atoms with E-state index in [1.54, 1.807) is 12.1 Å². The number of hydrogen-bond donors (Lipinski definition) is 5. The SMILES string of the molecule is C.OCCCCCCCl.OCCCCCCOc1ccc(-c2nc(-c3ccc4c(c3)CCCC4)nc(-c3ccc4c(c3)CCCC4)n2)c(O)c1.Oc1ccc(-c2nc(-c3ccc4c(c3)CCCC4)nc(-c3ccc4c(c3)CCCC4)n2)c(O)c1. The van der Waals surface area contributed by atoms with Gasteiger partial charge in [-0.25, -0.2) is 29.9 Å². The van der Waals surface area contributed by atoms with Gasteiger partial charge in [-0.15, -0.1) is 11.6 Å². The van der Waals surface area contributed by atoms with Crippen LogP contribution in [0.2, 0.25) is 0 Å². The van der Waals surface area contributed by atoms with Gasteiger partial charge >= 0.3 is 0 Å². The van der Waals surface area contributed by atoms with E-state index in [1.807, 2.05) is 12.1 Å². The summed E-state index contributed by atoms with van der Waals surface area (Å²) in [6.45, 7) is 1.12. The van der Waals surface area contributed by atoms with Crippen molar-refractivity contribution in [2.45, 2.75) is 162 Å². The van der Waals surface area contributed by atoms with Crippen LogP contribution in [0.3, 0.4) is 0 Å². The molecule has 0 bridgehead atoms. The highest BCUT2D eigenvalue weighted by atomic mass is 35.5. The third-order valence-electron chi connectivity index (χ3n) is 16.5. The first-order chi connectivity index (χ1) is 40.7. The van der Waals surface area contributed by atoms with E-state index in [9.17, 15) is 15.3 Å². The number of phenols is 3. The summed E-state index contributed by atoms with van der Waals surface area (Å²) in [5.74, 6) is 4.69. The molecule has 0 atom stereocenters. The van der Waals surface area contributed by atoms with Gasteiger partial charge in [0.25, 0.3) is 0 Å². The molecule has 5 N–H and O–H groups in total. The lowest BCUT2D eigenvalue weighted by Gasteiger charge is -2.18. The number of aliphatic hydroxyl groups is 2. The lowest BCUT2D eigenvalue weighted by molar-refractivity contribution is 0.273. The molecular formula is C71H83ClN6O6. The van der Waals surface area contributed by atoms with Crippen LogP contribution in [0.25, 0.3) is 68.3 Å². The Morgan fingerprint density at radius 1 is 0.345 bits per heavy atom. The molecule has 0 spiro atoms. The summed E-state index contributed by atoms with van der Waals surface area (Å²) in [6.07, 6.45) is 26.7. The molecule has 8 aromatic rings. The molecular weight excluding hydrogens is 1070 g/mol. The van der Waals surface area contributed by atoms with Crippen molar-refractivity contribution >= 4 is 11.6 Å². The normalized spacial score (nSPS) is 14.0. The highest BCUT2D eigenvalue weighted by molar-refractivity contribution is 6.17. The Bertz CT molecular complexity index is 3320. The van der Waals surface area contributed by atoms with Crippen molar-refractivity contribution in [3.63, 3.8) is 0 Å². The number of unbranched alkanes of at least 4 members (excludes halogenated alkanes) is 6. The van der Waals surface area contributed by atoms with Crippen LogP contribution < -0.4 is 4.74 Å². The summed E-state index contributed by atoms with van der Waals surface area (Å²) in [7, 11) is 0. The second-order valence-corrected chi connectivity index (χ2v) is 22.9. The number of nitrogens with zero attached hydrogens (tertiary/aromatic N) is 6. The van der Waals surface area contributed by atoms with Gasteiger partial charge in [-0.05, 0) is 228 Å². The second kappa shape index (κ2) is 30.5. The molecule has 0 amide bonds. The molecule has 12 rings (SSSR count). The fourth-order valence-electron chi connectivity index (χ4n) is 11.8. The molecule has 0 saturated heterocycles. The lowest BCUT2D eigenvalue weighted by atomic mass is 9.90. The fraction of sp³-hybridized carbons (Fsp3) is 0.408. The summed E-state index contributed by atoms with van der Waals surface area (Å²) in [4.78, 5) is 29.2. The minimum absolute atomic E-state index is 0. The van der Waals surface area contributed by atoms with E-state index in [1.165, 1.54) is 108 Å². The number of aliphatic hydroxyl groups excluding tert-OH is 2. The van der Waals surface area contributed by atoms with Crippen molar-refractivity contribution in [2.75, 3.05) is 25.7 Å². The Labute approximate surface area is 501 Å². The number of alkyl halides is 1. The molecule has 440 valence electrons. The fourth-order valence-corrected chi connectivity index (χ4v) is 12.0. The minimum Gasteiger partial charge on any atom is -0.508 e. The van der Waals surface area contributed by atoms with Crippen LogP contribution in [-0.4, -0.2) is 81.1 Å². The molecule has 6 aromatic carbocycles. The van der Waals surface area contributed by atoms with Crippen LogP contribution >= 0.6 is 11.6 Å². The summed E-state index contributed by atoms with van der Waals surface area (Å²) < 4.78 is 5.87. The van der Waals surface area contributed by atoms with E-state index >= 15 is 0 Å². The van der Waals surface area contributed by atoms with Crippen molar-refractivity contribution < 1.29 is 30.3 Å². The zero-order valence-electron chi connectivity index (χ0n) is 47.9. The van der Waals surface area contributed by atoms with E-state index < -0.39 is 0 Å². The smallest absolute Gasteiger partial charge is 0.167 e. The number of aryl methyl sites for hydroxylation is 8. The maximum absolute atomic E-state index is 11.0. The van der Waals surface area contributed by atoms with Crippen LogP contribution in [0, 0.1) is 0 Å². The molecule has 4 aliphatic carbocycles. The van der Waals surface area contributed by atoms with E-state index in [-0.39, 0.29) is 31.3 Å². The predicted octanol–water partition coefficient (Wildman–Crippen LogP) is 15.7. The van der Waals surface area contributed by atoms with E-state index in [2.05, 4.69) is 72.8 Å². The topological polar surface area (TPSA) is 188 Å². The molecule has 0 fully saturated rings. The van der Waals surface area contributed by atoms with E-state index in [0.717, 1.165) is 131 Å². The maximum Gasteiger partial charge on any atom is 0.167 e. The third-order valence-corrected chi connectivity index (χ3v) is 16.8. The largest absolute Gasteiger partial charge is 0.508 e. The second-order valence-electron chi connectivity index (χ2n) is 22.6. The van der Waals surface area contributed by atoms with Gasteiger partial charge in [-0.2, -0.15) is 0 Å². The standard InChI is InChI=1S/C35H39N3O3.C29H27N3O2.C6H13ClO.CH4/c39-19-7-1-2-8-20-41-30-17-18-31(32(40)23-30)35-37-33(28-15-13-24-9-3-5-11-26(24)21-28)36-34(38-35)29-16-14-25-10-4-6-12-27(25)22-29;33-24-13-14-25(26(34)17-24)29-31-27(22-11-9-18-5-1-3-7-20(18)15-22)30-28(32-29)23-12-10-19-6-2-4-8-21(19)16-23;7-5-3-1-2-4-6-8;/h13-18,21-23,39-40H,1-12,19-20H2;9-17,33-34H,1-8H2;8H,1-6H2;1H4. The third kappa shape index (κ3) is 15.9. The van der Waals surface area contributed by atoms with Gasteiger partial charge in [-0.3, -0.25) is 0 Å². The molecule has 0 radical (unpaired) electrons. The minimum atomic E-state index is -0.0565. The highest BCUT2D eigenvalue weighted by Crippen LogP contribution is 2.37. The summed E-state index contributed by atoms with van der Waals surface area (Å²) in [5.41, 5.74) is 16.1. The number of aromatic nitrogens is 6. The molecule has 0 aliphatic heterocycles. The zero-order valence-corrected chi connectivity index (χ0v) is 48.7. The van der Waals surface area contributed by atoms with Crippen molar-refractivity contribution in [3.8, 4) is 91.3 Å². The van der Waals surface area contributed by atoms with Gasteiger partial charge in [0, 0.05) is 53.5 Å². The highest BCUT2D eigenvalue weighted by Gasteiger charge is 2.21. The quantitative estimate of drug-likeness (QED) is 0.0405. The van der Waals surface area contributed by atoms with Crippen molar-refractivity contribution in [1.29, 1.82) is 0 Å². The Morgan fingerprint density at radius 3 is 1.04 bits per heavy atom. The Kier molecular flexibility index (Phi) is 22.3. The van der Waals surface area contributed by atoms with Crippen molar-refractivity contribution in [2.24, 2.45) is 0 Å². The molecule has 84 heavy (non-hydrogen) atoms. The van der Waals surface area contributed by atoms with Crippen LogP contribution in [0.5, 0.6) is 23.0 Å². The summed E-state index contributed by atoms with van der Waals surface area (Å²) in [5, 5.41) is 48.6. The first-order valence-corrected chi connectivity index (χ1v) is 31.0. The Hall–Kier alpha value is -7.25. The number of rotatable bonds is 18. The van der Waals surface area contributed by atoms with Crippen molar-refractivity contribution in [1.82, 2.24) is 29.9 Å². The van der Waals surface area contributed by atoms with E-state index in [0.29, 0.717) is 65.0 Å². The van der Waals surface area contributed by atoms with Gasteiger partial charge < -0.3 is 30.3 Å². The Balaban J connectivity index is 0.000000179. The number of fused-ring (bicyclic) bond motifs is 4. The number of halogens is 1. The monoisotopic (exact) mass is 1150 g/mol. The summed E-state index contributed by atoms with van der Waals surface area (Å²) in [6, 6.07) is 36.0. The molecule has 0 unspecified atom stereocenters. The van der Waals surface area contributed by atoms with Gasteiger partial charge in [-0.1, -0.05) is 75.2 Å². The lowest BCUT2D eigenvalue weighted by Crippen LogP contribution is -2.05. The molecule has 12 nitrogen and oxygen atoms in total. The predicted molar refractivity (Wildman–Crippen MR) is 338 cm³/mol. The first kappa shape index (κ1) is 61.3. The van der Waals surface area contributed by atoms with E-state index in [4.69, 9.17) is 56.5 Å². The first-order valence-electron chi connectivity index (χ1n) is 30.5. The molecule has 2 heterocycles. The average molecular weight is 1150 g/mol. The van der Waals surface area contributed by atoms with Gasteiger partial charge in [0.2, 0.25) is 0 Å². The van der Waals surface area contributed by atoms with Gasteiger partial charge in [0.15, 0.2) is 34.9 Å². The Morgan fingerprint density at radius 2 is 0.679 bits per heavy atom. The van der Waals surface area contributed by atoms with Gasteiger partial charge in [0.05, 0.1) is 17.7 Å². The molecule has 2 aromatic heterocycles. The molecule has 0 saturated carbocycles. The molecule has 13 heteroatoms. The van der Waals surface area contributed by atoms with Gasteiger partial charge in [0.1, 0.15) is 23.0 Å². The van der Waals surface area contributed by atoms with Crippen LogP contribution in [0.15, 0.2) is 109 Å². The maximum atomic E-state index is 11.0. The zero-order chi connectivity index (χ0) is 57.3. The number of hydrogen-bond acceptors (Lipinski definition) is 12. The number of phenolic OH excluding ortho intramolecular Hbond substituents is 3. The number of aromatic hydroxyl groups is 3. The molecule has 4 aliphatic rings. The van der Waals surface area contributed by atoms with Crippen LogP contribution in [0.4, 0.5) is 0 Å². The van der Waals surface area contributed by atoms with Crippen LogP contribution in [-0.2, 0) is 51.4 Å². The average Bonchev–Trinajstić information content (AvgIpc) is 3.47. The van der Waals surface area contributed by atoms with Crippen molar-refractivity contribution in [3.05, 3.63) is 154 Å². The number of benzene rings is 6.